The normalized spacial score (nSPS) is 25.8. The average molecular weight is 240 g/mol. The van der Waals surface area contributed by atoms with Gasteiger partial charge < -0.3 is 10.6 Å². The summed E-state index contributed by atoms with van der Waals surface area (Å²) in [5.41, 5.74) is 6.61. The highest BCUT2D eigenvalue weighted by atomic mass is 19.2. The van der Waals surface area contributed by atoms with Crippen molar-refractivity contribution in [3.05, 3.63) is 35.4 Å². The molecule has 0 aliphatic heterocycles. The summed E-state index contributed by atoms with van der Waals surface area (Å²) >= 11 is 0. The number of hydrogen-bond acceptors (Lipinski definition) is 2. The van der Waals surface area contributed by atoms with E-state index in [9.17, 15) is 8.78 Å². The van der Waals surface area contributed by atoms with Crippen LogP contribution in [0.4, 0.5) is 8.78 Å². The van der Waals surface area contributed by atoms with Crippen molar-refractivity contribution in [2.24, 2.45) is 11.7 Å². The molecule has 1 aromatic rings. The van der Waals surface area contributed by atoms with E-state index < -0.39 is 11.6 Å². The highest BCUT2D eigenvalue weighted by Gasteiger charge is 2.35. The van der Waals surface area contributed by atoms with Gasteiger partial charge in [-0.05, 0) is 50.6 Å². The van der Waals surface area contributed by atoms with Gasteiger partial charge in [0.05, 0.1) is 0 Å². The van der Waals surface area contributed by atoms with Crippen molar-refractivity contribution in [3.8, 4) is 0 Å². The van der Waals surface area contributed by atoms with Gasteiger partial charge in [0.2, 0.25) is 0 Å². The molecule has 1 atom stereocenters. The molecule has 94 valence electrons. The van der Waals surface area contributed by atoms with Crippen molar-refractivity contribution in [1.82, 2.24) is 4.90 Å². The van der Waals surface area contributed by atoms with Crippen molar-refractivity contribution in [1.29, 1.82) is 0 Å². The Balaban J connectivity index is 2.23. The van der Waals surface area contributed by atoms with Crippen LogP contribution in [-0.4, -0.2) is 25.0 Å². The van der Waals surface area contributed by atoms with Crippen LogP contribution in [0.5, 0.6) is 0 Å². The molecule has 0 bridgehead atoms. The second kappa shape index (κ2) is 4.70. The van der Waals surface area contributed by atoms with Crippen molar-refractivity contribution in [2.45, 2.75) is 24.9 Å². The predicted molar refractivity (Wildman–Crippen MR) is 63.5 cm³/mol. The summed E-state index contributed by atoms with van der Waals surface area (Å²) in [6.07, 6.45) is 1.89. The first-order valence-corrected chi connectivity index (χ1v) is 5.86. The number of halogens is 2. The molecule has 0 radical (unpaired) electrons. The first-order chi connectivity index (χ1) is 7.99. The molecule has 0 heterocycles. The SMILES string of the molecule is CN(C)C(c1ccc(F)c(F)c1)C1CC(N)C1. The summed E-state index contributed by atoms with van der Waals surface area (Å²) in [6.45, 7) is 0. The lowest BCUT2D eigenvalue weighted by Gasteiger charge is -2.41. The maximum Gasteiger partial charge on any atom is 0.159 e. The predicted octanol–water partition coefficient (Wildman–Crippen LogP) is 2.30. The number of hydrogen-bond donors (Lipinski definition) is 1. The summed E-state index contributed by atoms with van der Waals surface area (Å²) < 4.78 is 26.2. The van der Waals surface area contributed by atoms with E-state index in [1.165, 1.54) is 12.1 Å². The molecule has 1 aliphatic rings. The van der Waals surface area contributed by atoms with Gasteiger partial charge in [-0.25, -0.2) is 8.78 Å². The van der Waals surface area contributed by atoms with Crippen molar-refractivity contribution in [2.75, 3.05) is 14.1 Å². The third kappa shape index (κ3) is 2.48. The topological polar surface area (TPSA) is 29.3 Å². The molecule has 1 saturated carbocycles. The van der Waals surface area contributed by atoms with Gasteiger partial charge >= 0.3 is 0 Å². The summed E-state index contributed by atoms with van der Waals surface area (Å²) in [5.74, 6) is -1.14. The molecule has 0 spiro atoms. The Kier molecular flexibility index (Phi) is 3.45. The van der Waals surface area contributed by atoms with Crippen LogP contribution in [0.2, 0.25) is 0 Å². The van der Waals surface area contributed by atoms with E-state index in [1.807, 2.05) is 19.0 Å². The lowest BCUT2D eigenvalue weighted by Crippen LogP contribution is -2.43. The van der Waals surface area contributed by atoms with Crippen LogP contribution in [0.1, 0.15) is 24.4 Å². The molecule has 1 fully saturated rings. The van der Waals surface area contributed by atoms with Crippen LogP contribution in [-0.2, 0) is 0 Å². The Hall–Kier alpha value is -1.00. The van der Waals surface area contributed by atoms with Gasteiger partial charge in [0.1, 0.15) is 0 Å². The van der Waals surface area contributed by atoms with Crippen LogP contribution in [0.3, 0.4) is 0 Å². The molecule has 1 aromatic carbocycles. The Morgan fingerprint density at radius 1 is 1.24 bits per heavy atom. The van der Waals surface area contributed by atoms with Gasteiger partial charge in [-0.15, -0.1) is 0 Å². The zero-order chi connectivity index (χ0) is 12.6. The lowest BCUT2D eigenvalue weighted by atomic mass is 9.73. The van der Waals surface area contributed by atoms with E-state index in [-0.39, 0.29) is 12.1 Å². The van der Waals surface area contributed by atoms with E-state index in [2.05, 4.69) is 0 Å². The zero-order valence-electron chi connectivity index (χ0n) is 10.2. The third-order valence-corrected chi connectivity index (χ3v) is 3.50. The second-order valence-corrected chi connectivity index (χ2v) is 5.07. The fraction of sp³-hybridized carbons (Fsp3) is 0.538. The van der Waals surface area contributed by atoms with E-state index in [1.54, 1.807) is 6.07 Å². The average Bonchev–Trinajstić information content (AvgIpc) is 2.20. The minimum absolute atomic E-state index is 0.116. The molecular weight excluding hydrogens is 222 g/mol. The molecule has 4 heteroatoms. The fourth-order valence-corrected chi connectivity index (χ4v) is 2.65. The summed E-state index contributed by atoms with van der Waals surface area (Å²) in [5, 5.41) is 0. The number of benzene rings is 1. The Labute approximate surface area is 100 Å². The van der Waals surface area contributed by atoms with Gasteiger partial charge in [0.15, 0.2) is 11.6 Å². The second-order valence-electron chi connectivity index (χ2n) is 5.07. The number of rotatable bonds is 3. The fourth-order valence-electron chi connectivity index (χ4n) is 2.65. The third-order valence-electron chi connectivity index (χ3n) is 3.50. The molecule has 0 amide bonds. The standard InChI is InChI=1S/C13H18F2N2/c1-17(2)13(9-5-10(16)6-9)8-3-4-11(14)12(15)7-8/h3-4,7,9-10,13H,5-6,16H2,1-2H3. The van der Waals surface area contributed by atoms with Crippen LogP contribution >= 0.6 is 0 Å². The zero-order valence-corrected chi connectivity index (χ0v) is 10.2. The maximum atomic E-state index is 13.2. The highest BCUT2D eigenvalue weighted by molar-refractivity contribution is 5.23. The smallest absolute Gasteiger partial charge is 0.159 e. The Morgan fingerprint density at radius 3 is 2.35 bits per heavy atom. The molecular formula is C13H18F2N2. The van der Waals surface area contributed by atoms with Gasteiger partial charge in [-0.3, -0.25) is 0 Å². The molecule has 0 aromatic heterocycles. The summed E-state index contributed by atoms with van der Waals surface area (Å²) in [6, 6.07) is 4.52. The minimum atomic E-state index is -0.795. The molecule has 1 unspecified atom stereocenters. The van der Waals surface area contributed by atoms with Gasteiger partial charge in [-0.2, -0.15) is 0 Å². The van der Waals surface area contributed by atoms with Crippen LogP contribution in [0, 0.1) is 17.6 Å². The molecule has 2 N–H and O–H groups in total. The number of nitrogens with zero attached hydrogens (tertiary/aromatic N) is 1. The molecule has 17 heavy (non-hydrogen) atoms. The minimum Gasteiger partial charge on any atom is -0.328 e. The van der Waals surface area contributed by atoms with Gasteiger partial charge in [-0.1, -0.05) is 6.07 Å². The Bertz CT molecular complexity index is 400. The first kappa shape index (κ1) is 12.5. The molecule has 0 saturated heterocycles. The van der Waals surface area contributed by atoms with E-state index in [4.69, 9.17) is 5.73 Å². The highest BCUT2D eigenvalue weighted by Crippen LogP contribution is 2.40. The van der Waals surface area contributed by atoms with E-state index in [0.717, 1.165) is 18.4 Å². The van der Waals surface area contributed by atoms with E-state index in [0.29, 0.717) is 5.92 Å². The summed E-state index contributed by atoms with van der Waals surface area (Å²) in [7, 11) is 3.91. The van der Waals surface area contributed by atoms with Crippen LogP contribution in [0.25, 0.3) is 0 Å². The van der Waals surface area contributed by atoms with Gasteiger partial charge in [0.25, 0.3) is 0 Å². The van der Waals surface area contributed by atoms with Gasteiger partial charge in [0, 0.05) is 12.1 Å². The van der Waals surface area contributed by atoms with Crippen LogP contribution in [0.15, 0.2) is 18.2 Å². The largest absolute Gasteiger partial charge is 0.328 e. The van der Waals surface area contributed by atoms with Crippen molar-refractivity contribution < 1.29 is 8.78 Å². The molecule has 2 nitrogen and oxygen atoms in total. The van der Waals surface area contributed by atoms with Crippen molar-refractivity contribution in [3.63, 3.8) is 0 Å². The van der Waals surface area contributed by atoms with Crippen LogP contribution < -0.4 is 5.73 Å². The van der Waals surface area contributed by atoms with Crippen molar-refractivity contribution >= 4 is 0 Å². The quantitative estimate of drug-likeness (QED) is 0.878. The first-order valence-electron chi connectivity index (χ1n) is 5.86. The van der Waals surface area contributed by atoms with E-state index >= 15 is 0 Å². The Morgan fingerprint density at radius 2 is 1.88 bits per heavy atom. The molecule has 2 rings (SSSR count). The lowest BCUT2D eigenvalue weighted by molar-refractivity contribution is 0.123. The summed E-state index contributed by atoms with van der Waals surface area (Å²) in [4.78, 5) is 2.04. The molecule has 1 aliphatic carbocycles. The maximum absolute atomic E-state index is 13.2. The monoisotopic (exact) mass is 240 g/mol. The number of nitrogens with two attached hydrogens (primary N) is 1.